The molecule has 13 heteroatoms. The first kappa shape index (κ1) is 32.0. The Morgan fingerprint density at radius 3 is 1.46 bits per heavy atom. The summed E-state index contributed by atoms with van der Waals surface area (Å²) in [6.07, 6.45) is 1.83. The van der Waals surface area contributed by atoms with Crippen LogP contribution in [-0.2, 0) is 33.6 Å². The molecule has 41 heavy (non-hydrogen) atoms. The van der Waals surface area contributed by atoms with Crippen LogP contribution in [0.25, 0.3) is 0 Å². The van der Waals surface area contributed by atoms with Gasteiger partial charge in [0.1, 0.15) is 0 Å². The molecule has 1 amide bonds. The zero-order chi connectivity index (χ0) is 30.9. The van der Waals surface area contributed by atoms with Crippen LogP contribution in [0.2, 0.25) is 0 Å². The van der Waals surface area contributed by atoms with Crippen LogP contribution in [0.1, 0.15) is 65.2 Å². The Hall–Kier alpha value is -3.48. The van der Waals surface area contributed by atoms with Gasteiger partial charge >= 0.3 is 29.8 Å². The van der Waals surface area contributed by atoms with Gasteiger partial charge in [0.15, 0.2) is 0 Å². The lowest BCUT2D eigenvalue weighted by atomic mass is 9.61. The number of hydroxylamine groups is 1. The van der Waals surface area contributed by atoms with Crippen molar-refractivity contribution < 1.29 is 59.1 Å². The molecule has 0 aliphatic heterocycles. The predicted molar refractivity (Wildman–Crippen MR) is 139 cm³/mol. The maximum atomic E-state index is 13.3. The zero-order valence-electron chi connectivity index (χ0n) is 23.4. The number of carboxylic acid groups (broad SMARTS) is 5. The van der Waals surface area contributed by atoms with Crippen LogP contribution in [0.4, 0.5) is 0 Å². The number of carbonyl (C=O) groups is 6. The van der Waals surface area contributed by atoms with E-state index < -0.39 is 107 Å². The summed E-state index contributed by atoms with van der Waals surface area (Å²) in [6, 6.07) is 0. The minimum absolute atomic E-state index is 0.114. The third-order valence-electron chi connectivity index (χ3n) is 10.2. The summed E-state index contributed by atoms with van der Waals surface area (Å²) in [5.41, 5.74) is -1.35. The molecule has 3 rings (SSSR count). The highest BCUT2D eigenvalue weighted by atomic mass is 16.6. The number of aliphatic carboxylic acids is 5. The van der Waals surface area contributed by atoms with E-state index in [0.717, 1.165) is 0 Å². The Balaban J connectivity index is 2.23. The summed E-state index contributed by atoms with van der Waals surface area (Å²) in [6.45, 7) is 3.39. The van der Waals surface area contributed by atoms with E-state index in [0.29, 0.717) is 0 Å². The van der Waals surface area contributed by atoms with Crippen molar-refractivity contribution >= 4 is 35.8 Å². The first-order chi connectivity index (χ1) is 19.2. The van der Waals surface area contributed by atoms with Crippen LogP contribution in [0.15, 0.2) is 12.2 Å². The van der Waals surface area contributed by atoms with Gasteiger partial charge in [-0.3, -0.25) is 33.6 Å². The molecule has 0 heterocycles. The lowest BCUT2D eigenvalue weighted by molar-refractivity contribution is -0.158. The number of amides is 1. The van der Waals surface area contributed by atoms with Gasteiger partial charge in [0, 0.05) is 10.8 Å². The van der Waals surface area contributed by atoms with Crippen molar-refractivity contribution in [1.29, 1.82) is 0 Å². The molecule has 6 N–H and O–H groups in total. The molecule has 0 bridgehead atoms. The Morgan fingerprint density at radius 2 is 1.15 bits per heavy atom. The van der Waals surface area contributed by atoms with Crippen molar-refractivity contribution in [2.45, 2.75) is 65.2 Å². The molecule has 2 saturated carbocycles. The number of nitrogens with one attached hydrogen (secondary N) is 1. The highest BCUT2D eigenvalue weighted by Crippen LogP contribution is 2.80. The van der Waals surface area contributed by atoms with E-state index >= 15 is 0 Å². The minimum atomic E-state index is -1.46. The van der Waals surface area contributed by atoms with Crippen LogP contribution in [0.5, 0.6) is 0 Å². The fraction of sp³-hybridized carbons (Fsp3) is 0.714. The number of fused-ring (bicyclic) bond motifs is 1. The molecule has 3 aliphatic carbocycles. The molecule has 0 aromatic heterocycles. The Labute approximate surface area is 236 Å². The standard InChI is InChI=1S/C28H39NO12/c1-4-27(5-2,25(40)29-41-3)17-9-14(20(30)31)8-15(21(32)33)11-18(23(36)37)28(13-26(28)6-7-26)19(24(38)39)12-16(10-17)22(34)35/h6-7,14-19H,4-5,8-13H2,1-3H3,(H,29,40)(H,30,31)(H,32,33)(H,34,35)(H,36,37)(H,38,39). The molecule has 7 unspecified atom stereocenters. The van der Waals surface area contributed by atoms with Crippen LogP contribution in [0, 0.1) is 51.8 Å². The second kappa shape index (κ2) is 11.8. The lowest BCUT2D eigenvalue weighted by Crippen LogP contribution is -2.48. The molecule has 3 aliphatic rings. The van der Waals surface area contributed by atoms with Crippen molar-refractivity contribution in [1.82, 2.24) is 5.48 Å². The van der Waals surface area contributed by atoms with Crippen molar-refractivity contribution in [2.24, 2.45) is 51.8 Å². The van der Waals surface area contributed by atoms with Crippen molar-refractivity contribution in [2.75, 3.05) is 7.11 Å². The monoisotopic (exact) mass is 581 g/mol. The summed E-state index contributed by atoms with van der Waals surface area (Å²) in [5.74, 6) is -15.4. The van der Waals surface area contributed by atoms with Gasteiger partial charge in [-0.05, 0) is 57.3 Å². The Morgan fingerprint density at radius 1 is 0.732 bits per heavy atom. The molecule has 7 atom stereocenters. The van der Waals surface area contributed by atoms with Gasteiger partial charge in [-0.15, -0.1) is 0 Å². The summed E-state index contributed by atoms with van der Waals surface area (Å²) in [7, 11) is 1.22. The number of carboxylic acids is 5. The van der Waals surface area contributed by atoms with Gasteiger partial charge in [-0.2, -0.15) is 0 Å². The molecule has 0 aromatic carbocycles. The van der Waals surface area contributed by atoms with E-state index in [1.807, 2.05) is 0 Å². The van der Waals surface area contributed by atoms with Gasteiger partial charge in [0.25, 0.3) is 0 Å². The molecule has 0 aromatic rings. The Bertz CT molecular complexity index is 1120. The molecular weight excluding hydrogens is 542 g/mol. The van der Waals surface area contributed by atoms with Gasteiger partial charge in [0.2, 0.25) is 5.91 Å². The molecule has 2 fully saturated rings. The van der Waals surface area contributed by atoms with Crippen LogP contribution in [-0.4, -0.2) is 68.4 Å². The van der Waals surface area contributed by atoms with Gasteiger partial charge < -0.3 is 25.5 Å². The predicted octanol–water partition coefficient (Wildman–Crippen LogP) is 2.50. The largest absolute Gasteiger partial charge is 0.481 e. The maximum Gasteiger partial charge on any atom is 0.307 e. The third-order valence-corrected chi connectivity index (χ3v) is 10.2. The fourth-order valence-corrected chi connectivity index (χ4v) is 7.74. The Kier molecular flexibility index (Phi) is 9.21. The van der Waals surface area contributed by atoms with E-state index in [2.05, 4.69) is 5.48 Å². The number of carbonyl (C=O) groups excluding carboxylic acids is 1. The van der Waals surface area contributed by atoms with Crippen molar-refractivity contribution in [3.8, 4) is 0 Å². The van der Waals surface area contributed by atoms with E-state index in [1.54, 1.807) is 26.0 Å². The smallest absolute Gasteiger partial charge is 0.307 e. The average molecular weight is 582 g/mol. The quantitative estimate of drug-likeness (QED) is 0.162. The first-order valence-corrected chi connectivity index (χ1v) is 13.8. The second-order valence-electron chi connectivity index (χ2n) is 11.9. The molecule has 0 saturated heterocycles. The van der Waals surface area contributed by atoms with Crippen molar-refractivity contribution in [3.05, 3.63) is 12.2 Å². The molecule has 13 nitrogen and oxygen atoms in total. The average Bonchev–Trinajstić information content (AvgIpc) is 3.79. The SMILES string of the molecule is CCC(CC)(C(=O)NOC)C1CC(C(=O)O)CC(C(=O)O)CC(C(=O)O)C2(CC23C=C3)C(C(=O)O)CC(C(=O)O)C1. The van der Waals surface area contributed by atoms with Crippen LogP contribution >= 0.6 is 0 Å². The number of hydrogen-bond acceptors (Lipinski definition) is 7. The summed E-state index contributed by atoms with van der Waals surface area (Å²) < 4.78 is 0. The number of allylic oxidation sites excluding steroid dienone is 2. The van der Waals surface area contributed by atoms with E-state index in [1.165, 1.54) is 7.11 Å². The molecular formula is C28H39NO12. The maximum absolute atomic E-state index is 13.3. The topological polar surface area (TPSA) is 225 Å². The lowest BCUT2D eigenvalue weighted by Gasteiger charge is -2.42. The summed E-state index contributed by atoms with van der Waals surface area (Å²) >= 11 is 0. The highest BCUT2D eigenvalue weighted by molar-refractivity contribution is 5.83. The van der Waals surface area contributed by atoms with E-state index in [4.69, 9.17) is 4.84 Å². The second-order valence-corrected chi connectivity index (χ2v) is 11.9. The minimum Gasteiger partial charge on any atom is -0.481 e. The summed E-state index contributed by atoms with van der Waals surface area (Å²) in [4.78, 5) is 81.0. The molecule has 2 spiro atoms. The fourth-order valence-electron chi connectivity index (χ4n) is 7.74. The number of rotatable bonds is 10. The molecule has 0 radical (unpaired) electrons. The van der Waals surface area contributed by atoms with Gasteiger partial charge in [-0.25, -0.2) is 5.48 Å². The van der Waals surface area contributed by atoms with Crippen molar-refractivity contribution in [3.63, 3.8) is 0 Å². The molecule has 228 valence electrons. The van der Waals surface area contributed by atoms with Gasteiger partial charge in [0.05, 0.1) is 42.1 Å². The first-order valence-electron chi connectivity index (χ1n) is 13.8. The third kappa shape index (κ3) is 5.68. The van der Waals surface area contributed by atoms with Crippen LogP contribution in [0.3, 0.4) is 0 Å². The number of hydrogen-bond donors (Lipinski definition) is 6. The van der Waals surface area contributed by atoms with E-state index in [-0.39, 0.29) is 32.1 Å². The normalized spacial score (nSPS) is 32.8. The van der Waals surface area contributed by atoms with E-state index in [9.17, 15) is 54.3 Å². The van der Waals surface area contributed by atoms with Gasteiger partial charge in [-0.1, -0.05) is 26.0 Å². The highest BCUT2D eigenvalue weighted by Gasteiger charge is 2.78. The van der Waals surface area contributed by atoms with Crippen LogP contribution < -0.4 is 5.48 Å². The zero-order valence-corrected chi connectivity index (χ0v) is 23.4. The summed E-state index contributed by atoms with van der Waals surface area (Å²) in [5, 5.41) is 51.1.